The van der Waals surface area contributed by atoms with Crippen LogP contribution in [0.15, 0.2) is 23.1 Å². The van der Waals surface area contributed by atoms with E-state index in [-0.39, 0.29) is 16.0 Å². The van der Waals surface area contributed by atoms with Gasteiger partial charge in [-0.05, 0) is 31.5 Å². The fourth-order valence-corrected chi connectivity index (χ4v) is 3.05. The number of esters is 1. The molecule has 0 saturated carbocycles. The molecule has 1 atom stereocenters. The first-order valence-electron chi connectivity index (χ1n) is 5.63. The maximum Gasteiger partial charge on any atom is 0.338 e. The van der Waals surface area contributed by atoms with E-state index >= 15 is 0 Å². The van der Waals surface area contributed by atoms with Crippen molar-refractivity contribution in [2.45, 2.75) is 24.8 Å². The van der Waals surface area contributed by atoms with E-state index in [4.69, 9.17) is 5.11 Å². The minimum atomic E-state index is -4.04. The van der Waals surface area contributed by atoms with Gasteiger partial charge in [0.25, 0.3) is 0 Å². The Morgan fingerprint density at radius 1 is 1.35 bits per heavy atom. The number of rotatable bonds is 5. The van der Waals surface area contributed by atoms with Crippen molar-refractivity contribution in [1.29, 1.82) is 0 Å². The van der Waals surface area contributed by atoms with Crippen LogP contribution in [-0.4, -0.2) is 38.6 Å². The van der Waals surface area contributed by atoms with Crippen LogP contribution in [-0.2, 0) is 19.6 Å². The molecule has 0 amide bonds. The molecule has 1 aromatic rings. The third-order valence-corrected chi connectivity index (χ3v) is 4.37. The van der Waals surface area contributed by atoms with Gasteiger partial charge in [0.2, 0.25) is 10.0 Å². The predicted molar refractivity (Wildman–Crippen MR) is 69.9 cm³/mol. The van der Waals surface area contributed by atoms with Crippen LogP contribution in [0.25, 0.3) is 0 Å². The van der Waals surface area contributed by atoms with Crippen molar-refractivity contribution in [1.82, 2.24) is 4.72 Å². The fraction of sp³-hybridized carbons (Fsp3) is 0.333. The lowest BCUT2D eigenvalue weighted by atomic mass is 10.1. The second kappa shape index (κ2) is 6.02. The van der Waals surface area contributed by atoms with E-state index in [1.807, 2.05) is 4.72 Å². The Labute approximate surface area is 116 Å². The number of hydrogen-bond donors (Lipinski definition) is 2. The highest BCUT2D eigenvalue weighted by molar-refractivity contribution is 7.89. The van der Waals surface area contributed by atoms with Gasteiger partial charge >= 0.3 is 11.9 Å². The molecule has 0 aliphatic rings. The highest BCUT2D eigenvalue weighted by Crippen LogP contribution is 2.19. The van der Waals surface area contributed by atoms with Gasteiger partial charge < -0.3 is 9.84 Å². The molecule has 7 nitrogen and oxygen atoms in total. The van der Waals surface area contributed by atoms with E-state index in [9.17, 15) is 18.0 Å². The number of nitrogens with one attached hydrogen (secondary N) is 1. The third-order valence-electron chi connectivity index (χ3n) is 2.68. The molecule has 0 fully saturated rings. The number of hydrogen-bond acceptors (Lipinski definition) is 5. The Morgan fingerprint density at radius 2 is 1.95 bits per heavy atom. The summed E-state index contributed by atoms with van der Waals surface area (Å²) >= 11 is 0. The van der Waals surface area contributed by atoms with E-state index in [0.29, 0.717) is 0 Å². The summed E-state index contributed by atoms with van der Waals surface area (Å²) in [5.41, 5.74) is 0.308. The summed E-state index contributed by atoms with van der Waals surface area (Å²) in [5.74, 6) is -1.96. The topological polar surface area (TPSA) is 110 Å². The predicted octanol–water partition coefficient (Wildman–Crippen LogP) is 0.533. The van der Waals surface area contributed by atoms with Crippen molar-refractivity contribution in [2.75, 3.05) is 7.11 Å². The highest BCUT2D eigenvalue weighted by Gasteiger charge is 2.25. The van der Waals surface area contributed by atoms with Gasteiger partial charge in [0.15, 0.2) is 0 Å². The van der Waals surface area contributed by atoms with Crippen molar-refractivity contribution in [3.05, 3.63) is 29.3 Å². The molecule has 110 valence electrons. The number of ether oxygens (including phenoxy) is 1. The lowest BCUT2D eigenvalue weighted by molar-refractivity contribution is -0.138. The summed E-state index contributed by atoms with van der Waals surface area (Å²) in [6.45, 7) is 2.66. The zero-order valence-corrected chi connectivity index (χ0v) is 12.0. The van der Waals surface area contributed by atoms with Gasteiger partial charge in [-0.2, -0.15) is 4.72 Å². The van der Waals surface area contributed by atoms with E-state index < -0.39 is 28.0 Å². The van der Waals surface area contributed by atoms with Crippen molar-refractivity contribution in [3.63, 3.8) is 0 Å². The molecule has 0 aromatic heterocycles. The first-order valence-corrected chi connectivity index (χ1v) is 7.12. The van der Waals surface area contributed by atoms with Gasteiger partial charge in [-0.15, -0.1) is 0 Å². The van der Waals surface area contributed by atoms with E-state index in [1.165, 1.54) is 39.2 Å². The molecule has 2 N–H and O–H groups in total. The second-order valence-electron chi connectivity index (χ2n) is 4.10. The monoisotopic (exact) mass is 301 g/mol. The van der Waals surface area contributed by atoms with Crippen LogP contribution in [0.4, 0.5) is 0 Å². The fourth-order valence-electron chi connectivity index (χ4n) is 1.58. The zero-order valence-electron chi connectivity index (χ0n) is 11.2. The lowest BCUT2D eigenvalue weighted by Gasteiger charge is -2.13. The van der Waals surface area contributed by atoms with Crippen molar-refractivity contribution in [2.24, 2.45) is 0 Å². The number of carboxylic acid groups (broad SMARTS) is 1. The Morgan fingerprint density at radius 3 is 2.45 bits per heavy atom. The van der Waals surface area contributed by atoms with E-state index in [0.717, 1.165) is 0 Å². The average Bonchev–Trinajstić information content (AvgIpc) is 2.37. The van der Waals surface area contributed by atoms with E-state index in [2.05, 4.69) is 4.74 Å². The normalized spacial score (nSPS) is 12.8. The third kappa shape index (κ3) is 3.34. The molecule has 0 aliphatic carbocycles. The van der Waals surface area contributed by atoms with Gasteiger partial charge in [-0.3, -0.25) is 4.79 Å². The number of benzene rings is 1. The molecular weight excluding hydrogens is 286 g/mol. The van der Waals surface area contributed by atoms with Crippen LogP contribution in [0.1, 0.15) is 22.8 Å². The molecule has 20 heavy (non-hydrogen) atoms. The lowest BCUT2D eigenvalue weighted by Crippen LogP contribution is -2.38. The summed E-state index contributed by atoms with van der Waals surface area (Å²) in [6, 6.07) is 2.83. The summed E-state index contributed by atoms with van der Waals surface area (Å²) in [6.07, 6.45) is 0. The number of sulfonamides is 1. The van der Waals surface area contributed by atoms with Crippen LogP contribution in [0, 0.1) is 6.92 Å². The van der Waals surface area contributed by atoms with Gasteiger partial charge in [-0.25, -0.2) is 13.2 Å². The van der Waals surface area contributed by atoms with Crippen molar-refractivity contribution in [3.8, 4) is 0 Å². The number of carbonyl (C=O) groups is 2. The Kier molecular flexibility index (Phi) is 4.85. The Hall–Kier alpha value is -1.93. The number of carboxylic acids is 1. The first-order chi connectivity index (χ1) is 9.20. The molecule has 0 spiro atoms. The molecular formula is C12H15NO6S. The highest BCUT2D eigenvalue weighted by atomic mass is 32.2. The van der Waals surface area contributed by atoms with Gasteiger partial charge in [-0.1, -0.05) is 6.07 Å². The van der Waals surface area contributed by atoms with Gasteiger partial charge in [0.05, 0.1) is 17.6 Å². The summed E-state index contributed by atoms with van der Waals surface area (Å²) in [4.78, 5) is 22.1. The largest absolute Gasteiger partial charge is 0.480 e. The molecule has 1 aromatic carbocycles. The summed E-state index contributed by atoms with van der Waals surface area (Å²) < 4.78 is 30.8. The molecule has 0 aliphatic heterocycles. The van der Waals surface area contributed by atoms with Crippen molar-refractivity contribution < 1.29 is 27.9 Å². The quantitative estimate of drug-likeness (QED) is 0.768. The van der Waals surface area contributed by atoms with Gasteiger partial charge in [0.1, 0.15) is 6.04 Å². The molecule has 0 bridgehead atoms. The van der Waals surface area contributed by atoms with E-state index in [1.54, 1.807) is 0 Å². The summed E-state index contributed by atoms with van der Waals surface area (Å²) in [7, 11) is -2.85. The van der Waals surface area contributed by atoms with Crippen LogP contribution >= 0.6 is 0 Å². The van der Waals surface area contributed by atoms with Crippen LogP contribution in [0.2, 0.25) is 0 Å². The molecule has 0 heterocycles. The maximum atomic E-state index is 12.1. The average molecular weight is 301 g/mol. The van der Waals surface area contributed by atoms with Crippen LogP contribution < -0.4 is 4.72 Å². The maximum absolute atomic E-state index is 12.1. The second-order valence-corrected chi connectivity index (χ2v) is 5.78. The molecule has 1 rings (SSSR count). The first kappa shape index (κ1) is 16.1. The standard InChI is InChI=1S/C12H15NO6S/c1-7-9(12(16)19-3)5-4-6-10(7)20(17,18)13-8(2)11(14)15/h4-6,8,13H,1-3H3,(H,14,15). The SMILES string of the molecule is COC(=O)c1cccc(S(=O)(=O)NC(C)C(=O)O)c1C. The smallest absolute Gasteiger partial charge is 0.338 e. The Bertz CT molecular complexity index is 637. The number of carbonyl (C=O) groups excluding carboxylic acids is 1. The van der Waals surface area contributed by atoms with Crippen LogP contribution in [0.3, 0.4) is 0 Å². The molecule has 0 saturated heterocycles. The van der Waals surface area contributed by atoms with Crippen molar-refractivity contribution >= 4 is 22.0 Å². The Balaban J connectivity index is 3.26. The van der Waals surface area contributed by atoms with Gasteiger partial charge in [0, 0.05) is 0 Å². The number of methoxy groups -OCH3 is 1. The molecule has 8 heteroatoms. The summed E-state index contributed by atoms with van der Waals surface area (Å²) in [5, 5.41) is 8.74. The van der Waals surface area contributed by atoms with Crippen LogP contribution in [0.5, 0.6) is 0 Å². The molecule has 1 unspecified atom stereocenters. The number of aliphatic carboxylic acids is 1. The zero-order chi connectivity index (χ0) is 15.5. The molecule has 0 radical (unpaired) electrons. The minimum absolute atomic E-state index is 0.110. The minimum Gasteiger partial charge on any atom is -0.480 e.